The van der Waals surface area contributed by atoms with Gasteiger partial charge in [-0.15, -0.1) is 0 Å². The summed E-state index contributed by atoms with van der Waals surface area (Å²) in [5.74, 6) is -0.972. The minimum Gasteiger partial charge on any atom is -0.481 e. The van der Waals surface area contributed by atoms with Gasteiger partial charge in [0.2, 0.25) is 0 Å². The summed E-state index contributed by atoms with van der Waals surface area (Å²) < 4.78 is 5.10. The maximum Gasteiger partial charge on any atom is 0.311 e. The first-order valence-electron chi connectivity index (χ1n) is 6.57. The summed E-state index contributed by atoms with van der Waals surface area (Å²) in [5, 5.41) is 9.22. The van der Waals surface area contributed by atoms with Crippen LogP contribution in [-0.4, -0.2) is 42.1 Å². The van der Waals surface area contributed by atoms with Crippen LogP contribution in [-0.2, 0) is 16.1 Å². The molecule has 0 bridgehead atoms. The molecule has 0 aliphatic carbocycles. The van der Waals surface area contributed by atoms with E-state index in [-0.39, 0.29) is 12.5 Å². The van der Waals surface area contributed by atoms with Crippen LogP contribution in [0.5, 0.6) is 0 Å². The van der Waals surface area contributed by atoms with Crippen molar-refractivity contribution >= 4 is 11.9 Å². The standard InChI is InChI=1S/C15H19NO4/c1-15(14(18)19)7-8-16(10-15)13(17)12-6-4-3-5-11(12)9-20-2/h3-6H,7-10H2,1-2H3,(H,18,19). The summed E-state index contributed by atoms with van der Waals surface area (Å²) in [6, 6.07) is 7.27. The minimum atomic E-state index is -0.849. The molecule has 0 spiro atoms. The first-order chi connectivity index (χ1) is 9.48. The molecule has 108 valence electrons. The van der Waals surface area contributed by atoms with Crippen molar-refractivity contribution in [2.45, 2.75) is 20.0 Å². The third-order valence-corrected chi connectivity index (χ3v) is 3.82. The van der Waals surface area contributed by atoms with Gasteiger partial charge in [0.1, 0.15) is 0 Å². The molecule has 0 saturated carbocycles. The van der Waals surface area contributed by atoms with Crippen molar-refractivity contribution in [2.24, 2.45) is 5.41 Å². The van der Waals surface area contributed by atoms with E-state index in [1.807, 2.05) is 12.1 Å². The Hall–Kier alpha value is -1.88. The monoisotopic (exact) mass is 277 g/mol. The maximum atomic E-state index is 12.5. The van der Waals surface area contributed by atoms with E-state index in [1.165, 1.54) is 0 Å². The normalized spacial score (nSPS) is 22.0. The molecule has 1 unspecified atom stereocenters. The molecular weight excluding hydrogens is 258 g/mol. The molecule has 1 atom stereocenters. The van der Waals surface area contributed by atoms with Gasteiger partial charge in [-0.25, -0.2) is 0 Å². The van der Waals surface area contributed by atoms with Crippen molar-refractivity contribution < 1.29 is 19.4 Å². The highest BCUT2D eigenvalue weighted by atomic mass is 16.5. The van der Waals surface area contributed by atoms with Crippen LogP contribution in [0.1, 0.15) is 29.3 Å². The van der Waals surface area contributed by atoms with Gasteiger partial charge in [0.15, 0.2) is 0 Å². The van der Waals surface area contributed by atoms with E-state index in [4.69, 9.17) is 4.74 Å². The van der Waals surface area contributed by atoms with E-state index in [1.54, 1.807) is 31.1 Å². The molecular formula is C15H19NO4. The number of hydrogen-bond acceptors (Lipinski definition) is 3. The number of carbonyl (C=O) groups is 2. The van der Waals surface area contributed by atoms with Crippen LogP contribution < -0.4 is 0 Å². The van der Waals surface area contributed by atoms with Crippen molar-refractivity contribution in [3.05, 3.63) is 35.4 Å². The second kappa shape index (κ2) is 5.63. The Morgan fingerprint density at radius 1 is 1.40 bits per heavy atom. The average molecular weight is 277 g/mol. The molecule has 1 fully saturated rings. The van der Waals surface area contributed by atoms with Gasteiger partial charge < -0.3 is 14.7 Å². The van der Waals surface area contributed by atoms with Crippen LogP contribution in [0.3, 0.4) is 0 Å². The fourth-order valence-corrected chi connectivity index (χ4v) is 2.49. The van der Waals surface area contributed by atoms with Gasteiger partial charge in [-0.1, -0.05) is 18.2 Å². The fourth-order valence-electron chi connectivity index (χ4n) is 2.49. The molecule has 1 aromatic rings. The predicted octanol–water partition coefficient (Wildman–Crippen LogP) is 1.77. The van der Waals surface area contributed by atoms with Crippen molar-refractivity contribution in [1.82, 2.24) is 4.90 Å². The van der Waals surface area contributed by atoms with Gasteiger partial charge in [0, 0.05) is 25.8 Å². The van der Waals surface area contributed by atoms with Crippen LogP contribution in [0.15, 0.2) is 24.3 Å². The first-order valence-corrected chi connectivity index (χ1v) is 6.57. The van der Waals surface area contributed by atoms with Crippen molar-refractivity contribution in [1.29, 1.82) is 0 Å². The summed E-state index contributed by atoms with van der Waals surface area (Å²) in [4.78, 5) is 25.4. The highest BCUT2D eigenvalue weighted by molar-refractivity contribution is 5.96. The fraction of sp³-hybridized carbons (Fsp3) is 0.467. The number of rotatable bonds is 4. The van der Waals surface area contributed by atoms with Crippen LogP contribution in [0, 0.1) is 5.41 Å². The smallest absolute Gasteiger partial charge is 0.311 e. The Morgan fingerprint density at radius 3 is 2.70 bits per heavy atom. The molecule has 5 nitrogen and oxygen atoms in total. The Balaban J connectivity index is 2.19. The second-order valence-corrected chi connectivity index (χ2v) is 5.43. The summed E-state index contributed by atoms with van der Waals surface area (Å²) in [6.45, 7) is 2.78. The Labute approximate surface area is 118 Å². The van der Waals surface area contributed by atoms with Crippen LogP contribution in [0.4, 0.5) is 0 Å². The molecule has 1 heterocycles. The maximum absolute atomic E-state index is 12.5. The molecule has 0 radical (unpaired) electrons. The molecule has 0 aromatic heterocycles. The van der Waals surface area contributed by atoms with E-state index in [2.05, 4.69) is 0 Å². The number of carbonyl (C=O) groups excluding carboxylic acids is 1. The number of carboxylic acid groups (broad SMARTS) is 1. The number of amides is 1. The Morgan fingerprint density at radius 2 is 2.10 bits per heavy atom. The lowest BCUT2D eigenvalue weighted by Crippen LogP contribution is -2.35. The van der Waals surface area contributed by atoms with Crippen LogP contribution >= 0.6 is 0 Å². The quantitative estimate of drug-likeness (QED) is 0.910. The molecule has 1 saturated heterocycles. The van der Waals surface area contributed by atoms with Gasteiger partial charge in [-0.3, -0.25) is 9.59 Å². The molecule has 1 aliphatic heterocycles. The number of carboxylic acids is 1. The zero-order chi connectivity index (χ0) is 14.8. The van der Waals surface area contributed by atoms with E-state index < -0.39 is 11.4 Å². The molecule has 5 heteroatoms. The topological polar surface area (TPSA) is 66.8 Å². The predicted molar refractivity (Wildman–Crippen MR) is 73.4 cm³/mol. The lowest BCUT2D eigenvalue weighted by atomic mass is 9.90. The van der Waals surface area contributed by atoms with E-state index >= 15 is 0 Å². The lowest BCUT2D eigenvalue weighted by molar-refractivity contribution is -0.147. The first kappa shape index (κ1) is 14.5. The van der Waals surface area contributed by atoms with Crippen molar-refractivity contribution in [2.75, 3.05) is 20.2 Å². The van der Waals surface area contributed by atoms with Crippen molar-refractivity contribution in [3.8, 4) is 0 Å². The minimum absolute atomic E-state index is 0.123. The van der Waals surface area contributed by atoms with Gasteiger partial charge in [0.25, 0.3) is 5.91 Å². The summed E-state index contributed by atoms with van der Waals surface area (Å²) >= 11 is 0. The molecule has 2 rings (SSSR count). The summed E-state index contributed by atoms with van der Waals surface area (Å²) in [7, 11) is 1.58. The Bertz CT molecular complexity index is 528. The number of hydrogen-bond donors (Lipinski definition) is 1. The van der Waals surface area contributed by atoms with Gasteiger partial charge in [-0.2, -0.15) is 0 Å². The van der Waals surface area contributed by atoms with E-state index in [0.717, 1.165) is 5.56 Å². The molecule has 20 heavy (non-hydrogen) atoms. The number of likely N-dealkylation sites (tertiary alicyclic amines) is 1. The van der Waals surface area contributed by atoms with E-state index in [9.17, 15) is 14.7 Å². The largest absolute Gasteiger partial charge is 0.481 e. The third kappa shape index (κ3) is 2.67. The zero-order valence-corrected chi connectivity index (χ0v) is 11.8. The van der Waals surface area contributed by atoms with Crippen LogP contribution in [0.2, 0.25) is 0 Å². The van der Waals surface area contributed by atoms with Gasteiger partial charge >= 0.3 is 5.97 Å². The number of ether oxygens (including phenoxy) is 1. The zero-order valence-electron chi connectivity index (χ0n) is 11.8. The second-order valence-electron chi connectivity index (χ2n) is 5.43. The highest BCUT2D eigenvalue weighted by Gasteiger charge is 2.42. The van der Waals surface area contributed by atoms with Crippen LogP contribution in [0.25, 0.3) is 0 Å². The Kier molecular flexibility index (Phi) is 4.09. The van der Waals surface area contributed by atoms with Gasteiger partial charge in [-0.05, 0) is 25.0 Å². The van der Waals surface area contributed by atoms with Crippen molar-refractivity contribution in [3.63, 3.8) is 0 Å². The average Bonchev–Trinajstić information content (AvgIpc) is 2.83. The highest BCUT2D eigenvalue weighted by Crippen LogP contribution is 2.31. The molecule has 1 N–H and O–H groups in total. The SMILES string of the molecule is COCc1ccccc1C(=O)N1CCC(C)(C(=O)O)C1. The number of nitrogens with zero attached hydrogens (tertiary/aromatic N) is 1. The third-order valence-electron chi connectivity index (χ3n) is 3.82. The van der Waals surface area contributed by atoms with E-state index in [0.29, 0.717) is 25.1 Å². The summed E-state index contributed by atoms with van der Waals surface area (Å²) in [6.07, 6.45) is 0.487. The molecule has 1 aliphatic rings. The molecule has 1 amide bonds. The molecule has 1 aromatic carbocycles. The number of aliphatic carboxylic acids is 1. The lowest BCUT2D eigenvalue weighted by Gasteiger charge is -2.21. The summed E-state index contributed by atoms with van der Waals surface area (Å²) in [5.41, 5.74) is 0.569. The number of methoxy groups -OCH3 is 1. The van der Waals surface area contributed by atoms with Gasteiger partial charge in [0.05, 0.1) is 12.0 Å². The number of benzene rings is 1.